The summed E-state index contributed by atoms with van der Waals surface area (Å²) < 4.78 is 0. The largest absolute Gasteiger partial charge is 0.251 e. The second-order valence-corrected chi connectivity index (χ2v) is 2.40. The summed E-state index contributed by atoms with van der Waals surface area (Å²) in [7, 11) is 0. The van der Waals surface area contributed by atoms with Gasteiger partial charge in [-0.3, -0.25) is 4.84 Å². The van der Waals surface area contributed by atoms with Gasteiger partial charge in [-0.15, -0.1) is 10.5 Å². The zero-order valence-electron chi connectivity index (χ0n) is 5.26. The summed E-state index contributed by atoms with van der Waals surface area (Å²) in [6, 6.07) is 0. The Labute approximate surface area is 48.1 Å². The van der Waals surface area contributed by atoms with Crippen LogP contribution in [0, 0.1) is 4.91 Å². The summed E-state index contributed by atoms with van der Waals surface area (Å²) in [6.07, 6.45) is 0. The molecule has 0 saturated heterocycles. The summed E-state index contributed by atoms with van der Waals surface area (Å²) in [5.74, 6) is 0. The zero-order chi connectivity index (χ0) is 6.62. The predicted octanol–water partition coefficient (Wildman–Crippen LogP) is 0.988. The van der Waals surface area contributed by atoms with Crippen molar-refractivity contribution in [3.8, 4) is 0 Å². The molecule has 0 aliphatic rings. The molecule has 0 heterocycles. The number of nitrogens with one attached hydrogen (secondary N) is 1. The molecule has 0 aromatic rings. The van der Waals surface area contributed by atoms with Crippen molar-refractivity contribution in [3.05, 3.63) is 4.91 Å². The Morgan fingerprint density at radius 3 is 2.12 bits per heavy atom. The van der Waals surface area contributed by atoms with Crippen LogP contribution in [-0.2, 0) is 4.84 Å². The van der Waals surface area contributed by atoms with Crippen LogP contribution in [0.4, 0.5) is 0 Å². The van der Waals surface area contributed by atoms with E-state index >= 15 is 0 Å². The molecule has 0 fully saturated rings. The molecule has 0 aromatic carbocycles. The van der Waals surface area contributed by atoms with Crippen molar-refractivity contribution in [2.45, 2.75) is 26.4 Å². The molecule has 0 radical (unpaired) electrons. The van der Waals surface area contributed by atoms with Gasteiger partial charge in [-0.1, -0.05) is 0 Å². The van der Waals surface area contributed by atoms with Gasteiger partial charge in [0.2, 0.25) is 0 Å². The highest BCUT2D eigenvalue weighted by Crippen LogP contribution is 2.02. The second kappa shape index (κ2) is 2.61. The molecule has 4 heteroatoms. The van der Waals surface area contributed by atoms with E-state index in [4.69, 9.17) is 0 Å². The van der Waals surface area contributed by atoms with Crippen molar-refractivity contribution in [3.63, 3.8) is 0 Å². The van der Waals surface area contributed by atoms with Gasteiger partial charge in [-0.05, 0) is 20.8 Å². The molecule has 48 valence electrons. The molecule has 0 bridgehead atoms. The van der Waals surface area contributed by atoms with Gasteiger partial charge in [0, 0.05) is 0 Å². The molecule has 1 N–H and O–H groups in total. The van der Waals surface area contributed by atoms with Crippen LogP contribution in [0.1, 0.15) is 20.8 Å². The van der Waals surface area contributed by atoms with E-state index in [1.807, 2.05) is 26.4 Å². The Morgan fingerprint density at radius 2 is 2.00 bits per heavy atom. The van der Waals surface area contributed by atoms with Crippen LogP contribution in [0.25, 0.3) is 0 Å². The SMILES string of the molecule is CC(C)(C)ONN=O. The Bertz CT molecular complexity index is 76.6. The van der Waals surface area contributed by atoms with Gasteiger partial charge >= 0.3 is 0 Å². The third-order valence-electron chi connectivity index (χ3n) is 0.389. The molecule has 0 aliphatic carbocycles. The van der Waals surface area contributed by atoms with Gasteiger partial charge in [0.1, 0.15) is 0 Å². The van der Waals surface area contributed by atoms with Crippen LogP contribution in [0.3, 0.4) is 0 Å². The number of nitroso groups, excluding NO2 is 1. The lowest BCUT2D eigenvalue weighted by Gasteiger charge is -2.15. The van der Waals surface area contributed by atoms with Gasteiger partial charge < -0.3 is 0 Å². The number of nitrogens with zero attached hydrogens (tertiary/aromatic N) is 1. The van der Waals surface area contributed by atoms with Crippen LogP contribution in [0.15, 0.2) is 5.29 Å². The number of hydrogen-bond acceptors (Lipinski definition) is 3. The van der Waals surface area contributed by atoms with E-state index in [9.17, 15) is 4.91 Å². The molecule has 0 atom stereocenters. The van der Waals surface area contributed by atoms with Crippen molar-refractivity contribution >= 4 is 0 Å². The van der Waals surface area contributed by atoms with Gasteiger partial charge in [0.25, 0.3) is 0 Å². The maximum Gasteiger partial charge on any atom is 0.0896 e. The highest BCUT2D eigenvalue weighted by atomic mass is 16.7. The molecule has 0 aromatic heterocycles. The first-order valence-corrected chi connectivity index (χ1v) is 2.31. The van der Waals surface area contributed by atoms with Gasteiger partial charge in [-0.25, -0.2) is 0 Å². The number of hydrogen-bond donors (Lipinski definition) is 1. The molecular formula is C4H10N2O2. The summed E-state index contributed by atoms with van der Waals surface area (Å²) >= 11 is 0. The normalized spacial score (nSPS) is 10.9. The maximum absolute atomic E-state index is 9.37. The minimum Gasteiger partial charge on any atom is -0.251 e. The van der Waals surface area contributed by atoms with Crippen LogP contribution in [0.2, 0.25) is 0 Å². The van der Waals surface area contributed by atoms with E-state index in [1.54, 1.807) is 0 Å². The van der Waals surface area contributed by atoms with Crippen LogP contribution >= 0.6 is 0 Å². The molecule has 4 nitrogen and oxygen atoms in total. The van der Waals surface area contributed by atoms with Crippen molar-refractivity contribution in [1.82, 2.24) is 5.59 Å². The van der Waals surface area contributed by atoms with Gasteiger partial charge in [0.15, 0.2) is 0 Å². The van der Waals surface area contributed by atoms with Crippen molar-refractivity contribution in [2.24, 2.45) is 5.29 Å². The Morgan fingerprint density at radius 1 is 1.50 bits per heavy atom. The van der Waals surface area contributed by atoms with Crippen molar-refractivity contribution in [1.29, 1.82) is 0 Å². The summed E-state index contributed by atoms with van der Waals surface area (Å²) in [6.45, 7) is 5.43. The third kappa shape index (κ3) is 5.36. The maximum atomic E-state index is 9.37. The molecule has 0 saturated carbocycles. The van der Waals surface area contributed by atoms with Crippen molar-refractivity contribution in [2.75, 3.05) is 0 Å². The van der Waals surface area contributed by atoms with E-state index < -0.39 is 0 Å². The molecule has 8 heavy (non-hydrogen) atoms. The average Bonchev–Trinajstić information content (AvgIpc) is 1.59. The Kier molecular flexibility index (Phi) is 2.41. The van der Waals surface area contributed by atoms with Gasteiger partial charge in [-0.2, -0.15) is 0 Å². The monoisotopic (exact) mass is 118 g/mol. The number of rotatable bonds is 2. The summed E-state index contributed by atoms with van der Waals surface area (Å²) in [4.78, 5) is 14.0. The molecular weight excluding hydrogens is 108 g/mol. The lowest BCUT2D eigenvalue weighted by molar-refractivity contribution is -0.0724. The van der Waals surface area contributed by atoms with E-state index in [2.05, 4.69) is 10.1 Å². The molecule has 0 rings (SSSR count). The van der Waals surface area contributed by atoms with E-state index in [-0.39, 0.29) is 5.60 Å². The van der Waals surface area contributed by atoms with Crippen LogP contribution in [-0.4, -0.2) is 5.60 Å². The zero-order valence-corrected chi connectivity index (χ0v) is 5.26. The fraction of sp³-hybridized carbons (Fsp3) is 1.00. The molecule has 0 aliphatic heterocycles. The molecule has 0 amide bonds. The predicted molar refractivity (Wildman–Crippen MR) is 29.8 cm³/mol. The average molecular weight is 118 g/mol. The quantitative estimate of drug-likeness (QED) is 0.434. The van der Waals surface area contributed by atoms with Crippen LogP contribution in [0.5, 0.6) is 0 Å². The highest BCUT2D eigenvalue weighted by molar-refractivity contribution is 4.55. The minimum absolute atomic E-state index is 0.353. The first-order valence-electron chi connectivity index (χ1n) is 2.31. The van der Waals surface area contributed by atoms with E-state index in [0.717, 1.165) is 0 Å². The summed E-state index contributed by atoms with van der Waals surface area (Å²) in [5, 5.41) is 2.30. The van der Waals surface area contributed by atoms with Crippen LogP contribution < -0.4 is 5.59 Å². The second-order valence-electron chi connectivity index (χ2n) is 2.40. The van der Waals surface area contributed by atoms with Gasteiger partial charge in [0.05, 0.1) is 10.9 Å². The standard InChI is InChI=1S/C4H10N2O2/c1-4(2,3)8-6-5-7/h1-3H3,(H,6,7). The first kappa shape index (κ1) is 7.36. The fourth-order valence-corrected chi connectivity index (χ4v) is 0.156. The smallest absolute Gasteiger partial charge is 0.0896 e. The molecule has 0 spiro atoms. The molecule has 0 unspecified atom stereocenters. The fourth-order valence-electron chi connectivity index (χ4n) is 0.156. The minimum atomic E-state index is -0.353. The topological polar surface area (TPSA) is 50.7 Å². The van der Waals surface area contributed by atoms with E-state index in [0.29, 0.717) is 0 Å². The lowest BCUT2D eigenvalue weighted by atomic mass is 10.2. The Balaban J connectivity index is 3.24. The lowest BCUT2D eigenvalue weighted by Crippen LogP contribution is -2.25. The summed E-state index contributed by atoms with van der Waals surface area (Å²) in [5.41, 5.74) is 1.50. The van der Waals surface area contributed by atoms with Crippen molar-refractivity contribution < 1.29 is 4.84 Å². The highest BCUT2D eigenvalue weighted by Gasteiger charge is 2.09. The third-order valence-corrected chi connectivity index (χ3v) is 0.389. The van der Waals surface area contributed by atoms with E-state index in [1.165, 1.54) is 0 Å². The Hall–Kier alpha value is -0.640. The first-order chi connectivity index (χ1) is 3.56.